The Morgan fingerprint density at radius 1 is 1.05 bits per heavy atom. The topological polar surface area (TPSA) is 12.0 Å². The first-order chi connectivity index (χ1) is 10.3. The van der Waals surface area contributed by atoms with Crippen molar-refractivity contribution in [2.75, 3.05) is 13.1 Å². The van der Waals surface area contributed by atoms with Crippen LogP contribution in [0.1, 0.15) is 26.7 Å². The Balaban J connectivity index is 3.18. The Hall–Kier alpha value is -1.60. The van der Waals surface area contributed by atoms with Crippen molar-refractivity contribution in [2.45, 2.75) is 26.7 Å². The van der Waals surface area contributed by atoms with Crippen LogP contribution in [-0.2, 0) is 0 Å². The van der Waals surface area contributed by atoms with Gasteiger partial charge in [-0.2, -0.15) is 0 Å². The maximum atomic E-state index is 3.88. The lowest BCUT2D eigenvalue weighted by Gasteiger charge is -2.32. The van der Waals surface area contributed by atoms with Gasteiger partial charge in [0.2, 0.25) is 0 Å². The molecule has 1 N–H and O–H groups in total. The molecule has 1 saturated heterocycles. The third-order valence-corrected chi connectivity index (χ3v) is 4.00. The van der Waals surface area contributed by atoms with Gasteiger partial charge in [0.1, 0.15) is 0 Å². The predicted octanol–water partition coefficient (Wildman–Crippen LogP) is 4.98. The molecule has 0 bridgehead atoms. The molecule has 0 aromatic rings. The summed E-state index contributed by atoms with van der Waals surface area (Å²) in [6.45, 7) is 14.1. The van der Waals surface area contributed by atoms with Crippen LogP contribution in [0, 0.1) is 11.8 Å². The van der Waals surface area contributed by atoms with Crippen LogP contribution in [0.3, 0.4) is 0 Å². The summed E-state index contributed by atoms with van der Waals surface area (Å²) in [6.07, 6.45) is 19.1. The molecular weight excluding hydrogens is 254 g/mol. The first kappa shape index (κ1) is 17.5. The molecule has 1 heteroatoms. The fraction of sp³-hybridized carbons (Fsp3) is 0.400. The molecule has 1 unspecified atom stereocenters. The summed E-state index contributed by atoms with van der Waals surface area (Å²) in [5.41, 5.74) is 2.72. The zero-order valence-corrected chi connectivity index (χ0v) is 13.5. The first-order valence-electron chi connectivity index (χ1n) is 7.89. The minimum atomic E-state index is 0.433. The minimum absolute atomic E-state index is 0.433. The molecule has 1 aliphatic rings. The highest BCUT2D eigenvalue weighted by Crippen LogP contribution is 2.35. The quantitative estimate of drug-likeness (QED) is 0.650. The summed E-state index contributed by atoms with van der Waals surface area (Å²) < 4.78 is 0. The molecule has 0 aromatic heterocycles. The van der Waals surface area contributed by atoms with Gasteiger partial charge in [0.05, 0.1) is 0 Å². The molecule has 0 radical (unpaired) electrons. The molecule has 21 heavy (non-hydrogen) atoms. The average molecular weight is 283 g/mol. The predicted molar refractivity (Wildman–Crippen MR) is 95.3 cm³/mol. The number of nitrogens with one attached hydrogen (secondary N) is 1. The van der Waals surface area contributed by atoms with Crippen molar-refractivity contribution in [1.82, 2.24) is 5.32 Å². The van der Waals surface area contributed by atoms with E-state index in [0.717, 1.165) is 13.1 Å². The molecule has 1 heterocycles. The van der Waals surface area contributed by atoms with E-state index >= 15 is 0 Å². The molecule has 114 valence electrons. The van der Waals surface area contributed by atoms with Crippen LogP contribution in [0.4, 0.5) is 0 Å². The van der Waals surface area contributed by atoms with E-state index in [1.807, 2.05) is 18.2 Å². The van der Waals surface area contributed by atoms with E-state index in [-0.39, 0.29) is 0 Å². The van der Waals surface area contributed by atoms with Gasteiger partial charge in [0, 0.05) is 5.92 Å². The highest BCUT2D eigenvalue weighted by atomic mass is 14.9. The normalized spacial score (nSPS) is 20.1. The fourth-order valence-electron chi connectivity index (χ4n) is 3.06. The molecule has 0 spiro atoms. The standard InChI is InChI=1S/C20H29N/c1-5-9-12-17(8-4)20(18(10-6-2)11-7-3)19-13-15-21-16-14-19/h5-12,19-21H,1-2,13-16H2,3-4H3/b11-7-,12-9-,17-8+,18-10+. The molecule has 1 fully saturated rings. The van der Waals surface area contributed by atoms with Crippen LogP contribution >= 0.6 is 0 Å². The number of hydrogen-bond acceptors (Lipinski definition) is 1. The molecule has 1 rings (SSSR count). The van der Waals surface area contributed by atoms with Crippen LogP contribution in [0.25, 0.3) is 0 Å². The molecule has 1 atom stereocenters. The van der Waals surface area contributed by atoms with Gasteiger partial charge < -0.3 is 5.32 Å². The lowest BCUT2D eigenvalue weighted by molar-refractivity contribution is 0.320. The second-order valence-electron chi connectivity index (χ2n) is 5.35. The van der Waals surface area contributed by atoms with Gasteiger partial charge in [0.15, 0.2) is 0 Å². The van der Waals surface area contributed by atoms with Crippen molar-refractivity contribution < 1.29 is 0 Å². The Labute approximate surface area is 130 Å². The molecular formula is C20H29N. The third kappa shape index (κ3) is 5.35. The van der Waals surface area contributed by atoms with Crippen molar-refractivity contribution in [3.8, 4) is 0 Å². The molecule has 0 saturated carbocycles. The number of hydrogen-bond donors (Lipinski definition) is 1. The summed E-state index contributed by atoms with van der Waals surface area (Å²) in [7, 11) is 0. The van der Waals surface area contributed by atoms with Gasteiger partial charge in [-0.05, 0) is 56.8 Å². The lowest BCUT2D eigenvalue weighted by Crippen LogP contribution is -2.32. The van der Waals surface area contributed by atoms with Crippen LogP contribution < -0.4 is 5.32 Å². The molecule has 1 nitrogen and oxygen atoms in total. The molecule has 0 amide bonds. The Morgan fingerprint density at radius 3 is 2.29 bits per heavy atom. The van der Waals surface area contributed by atoms with E-state index in [2.05, 4.69) is 62.7 Å². The number of rotatable bonds is 7. The van der Waals surface area contributed by atoms with Crippen LogP contribution in [0.5, 0.6) is 0 Å². The first-order valence-corrected chi connectivity index (χ1v) is 7.89. The van der Waals surface area contributed by atoms with Gasteiger partial charge >= 0.3 is 0 Å². The summed E-state index contributed by atoms with van der Waals surface area (Å²) in [5.74, 6) is 1.11. The highest BCUT2D eigenvalue weighted by Gasteiger charge is 2.27. The van der Waals surface area contributed by atoms with Crippen molar-refractivity contribution in [1.29, 1.82) is 0 Å². The third-order valence-electron chi connectivity index (χ3n) is 4.00. The minimum Gasteiger partial charge on any atom is -0.317 e. The largest absolute Gasteiger partial charge is 0.317 e. The number of piperidine rings is 1. The van der Waals surface area contributed by atoms with E-state index in [1.54, 1.807) is 0 Å². The van der Waals surface area contributed by atoms with Crippen molar-refractivity contribution in [3.05, 3.63) is 72.9 Å². The zero-order valence-electron chi connectivity index (χ0n) is 13.5. The Bertz CT molecular complexity index is 442. The van der Waals surface area contributed by atoms with E-state index in [9.17, 15) is 0 Å². The van der Waals surface area contributed by atoms with Crippen molar-refractivity contribution in [2.24, 2.45) is 11.8 Å². The maximum absolute atomic E-state index is 3.88. The molecule has 1 aliphatic heterocycles. The SMILES string of the molecule is C=C/C=C\C(=C/C)C(C(/C=C\C)=C/C=C)C1CCNCC1. The van der Waals surface area contributed by atoms with Gasteiger partial charge in [0.25, 0.3) is 0 Å². The highest BCUT2D eigenvalue weighted by molar-refractivity contribution is 5.38. The van der Waals surface area contributed by atoms with E-state index in [0.29, 0.717) is 11.8 Å². The van der Waals surface area contributed by atoms with Crippen LogP contribution in [0.15, 0.2) is 72.9 Å². The number of allylic oxidation sites excluding steroid dienone is 10. The van der Waals surface area contributed by atoms with E-state index in [1.165, 1.54) is 24.0 Å². The maximum Gasteiger partial charge on any atom is 0.0115 e. The fourth-order valence-corrected chi connectivity index (χ4v) is 3.06. The molecule has 0 aromatic carbocycles. The second-order valence-corrected chi connectivity index (χ2v) is 5.35. The Kier molecular flexibility index (Phi) is 8.45. The summed E-state index contributed by atoms with van der Waals surface area (Å²) in [6, 6.07) is 0. The average Bonchev–Trinajstić information content (AvgIpc) is 2.52. The smallest absolute Gasteiger partial charge is 0.0115 e. The summed E-state index contributed by atoms with van der Waals surface area (Å²) >= 11 is 0. The molecule has 0 aliphatic carbocycles. The summed E-state index contributed by atoms with van der Waals surface area (Å²) in [5, 5.41) is 3.46. The monoisotopic (exact) mass is 283 g/mol. The van der Waals surface area contributed by atoms with Gasteiger partial charge in [-0.3, -0.25) is 0 Å². The van der Waals surface area contributed by atoms with Crippen LogP contribution in [-0.4, -0.2) is 13.1 Å². The van der Waals surface area contributed by atoms with Gasteiger partial charge in [-0.15, -0.1) is 0 Å². The van der Waals surface area contributed by atoms with E-state index < -0.39 is 0 Å². The van der Waals surface area contributed by atoms with Crippen LogP contribution in [0.2, 0.25) is 0 Å². The second kappa shape index (κ2) is 10.2. The zero-order chi connectivity index (χ0) is 15.5. The van der Waals surface area contributed by atoms with Gasteiger partial charge in [-0.1, -0.05) is 61.8 Å². The van der Waals surface area contributed by atoms with E-state index in [4.69, 9.17) is 0 Å². The van der Waals surface area contributed by atoms with Crippen molar-refractivity contribution >= 4 is 0 Å². The van der Waals surface area contributed by atoms with Gasteiger partial charge in [-0.25, -0.2) is 0 Å². The van der Waals surface area contributed by atoms with Crippen molar-refractivity contribution in [3.63, 3.8) is 0 Å². The summed E-state index contributed by atoms with van der Waals surface area (Å²) in [4.78, 5) is 0. The lowest BCUT2D eigenvalue weighted by atomic mass is 9.75. The Morgan fingerprint density at radius 2 is 1.76 bits per heavy atom.